The molecule has 0 spiro atoms. The summed E-state index contributed by atoms with van der Waals surface area (Å²) in [5, 5.41) is 21.2. The molecular formula is C24H20Cl2N4O3S. The number of hydrogen-bond donors (Lipinski definition) is 0. The molecule has 4 rings (SSSR count). The van der Waals surface area contributed by atoms with Gasteiger partial charge in [0.25, 0.3) is 0 Å². The first-order valence-corrected chi connectivity index (χ1v) is 12.0. The van der Waals surface area contributed by atoms with Gasteiger partial charge in [0.05, 0.1) is 0 Å². The van der Waals surface area contributed by atoms with E-state index in [0.717, 1.165) is 11.3 Å². The van der Waals surface area contributed by atoms with Crippen molar-refractivity contribution in [2.45, 2.75) is 23.9 Å². The maximum atomic E-state index is 11.6. The Morgan fingerprint density at radius 3 is 2.47 bits per heavy atom. The van der Waals surface area contributed by atoms with E-state index in [1.807, 2.05) is 60.0 Å². The van der Waals surface area contributed by atoms with E-state index in [4.69, 9.17) is 27.9 Å². The number of ether oxygens (including phenoxy) is 1. The Morgan fingerprint density at radius 2 is 1.74 bits per heavy atom. The molecule has 0 N–H and O–H groups in total. The fourth-order valence-corrected chi connectivity index (χ4v) is 4.94. The van der Waals surface area contributed by atoms with Gasteiger partial charge in [-0.2, -0.15) is 0 Å². The highest BCUT2D eigenvalue weighted by Crippen LogP contribution is 2.40. The fourth-order valence-electron chi connectivity index (χ4n) is 3.42. The minimum atomic E-state index is -0.563. The fraction of sp³-hybridized carbons (Fsp3) is 0.167. The largest absolute Gasteiger partial charge is 0.489 e. The Hall–Kier alpha value is -3.07. The van der Waals surface area contributed by atoms with Crippen LogP contribution in [0.5, 0.6) is 5.75 Å². The van der Waals surface area contributed by atoms with Crippen molar-refractivity contribution in [2.24, 2.45) is 0 Å². The van der Waals surface area contributed by atoms with Crippen LogP contribution in [0.1, 0.15) is 22.2 Å². The van der Waals surface area contributed by atoms with Gasteiger partial charge < -0.3 is 4.74 Å². The standard InChI is InChI=1S/C24H20Cl2N4O3S/c1-16-27-28-24(30(16)19-12-10-18(25)11-13-19)34-23(14-29(31)32)20-7-3-5-9-22(20)33-15-17-6-2-4-8-21(17)26/h2-13,23H,14-15H2,1H3/t23-/m1/s1. The number of halogens is 2. The summed E-state index contributed by atoms with van der Waals surface area (Å²) in [6, 6.07) is 22.0. The van der Waals surface area contributed by atoms with Gasteiger partial charge in [-0.05, 0) is 43.3 Å². The van der Waals surface area contributed by atoms with Crippen LogP contribution >= 0.6 is 35.0 Å². The highest BCUT2D eigenvalue weighted by molar-refractivity contribution is 7.99. The van der Waals surface area contributed by atoms with Gasteiger partial charge in [-0.3, -0.25) is 14.7 Å². The maximum absolute atomic E-state index is 11.6. The number of thioether (sulfide) groups is 1. The van der Waals surface area contributed by atoms with Crippen molar-refractivity contribution in [3.63, 3.8) is 0 Å². The second kappa shape index (κ2) is 10.9. The monoisotopic (exact) mass is 514 g/mol. The summed E-state index contributed by atoms with van der Waals surface area (Å²) in [6.07, 6.45) is 0. The first kappa shape index (κ1) is 24.1. The van der Waals surface area contributed by atoms with Gasteiger partial charge >= 0.3 is 0 Å². The first-order chi connectivity index (χ1) is 16.4. The zero-order chi connectivity index (χ0) is 24.1. The average molecular weight is 515 g/mol. The molecule has 34 heavy (non-hydrogen) atoms. The smallest absolute Gasteiger partial charge is 0.220 e. The summed E-state index contributed by atoms with van der Waals surface area (Å²) in [5.41, 5.74) is 2.34. The molecule has 0 fully saturated rings. The van der Waals surface area contributed by atoms with Gasteiger partial charge in [0, 0.05) is 31.8 Å². The van der Waals surface area contributed by atoms with E-state index in [1.165, 1.54) is 11.8 Å². The molecule has 0 saturated heterocycles. The van der Waals surface area contributed by atoms with Crippen LogP contribution < -0.4 is 4.74 Å². The molecule has 0 aliphatic carbocycles. The molecule has 1 heterocycles. The number of benzene rings is 3. The predicted octanol–water partition coefficient (Wildman–Crippen LogP) is 6.57. The summed E-state index contributed by atoms with van der Waals surface area (Å²) >= 11 is 13.6. The molecule has 0 amide bonds. The molecule has 3 aromatic carbocycles. The van der Waals surface area contributed by atoms with E-state index >= 15 is 0 Å². The third-order valence-electron chi connectivity index (χ3n) is 5.05. The van der Waals surface area contributed by atoms with Crippen molar-refractivity contribution in [1.29, 1.82) is 0 Å². The zero-order valence-electron chi connectivity index (χ0n) is 18.1. The molecule has 1 aromatic heterocycles. The van der Waals surface area contributed by atoms with Gasteiger partial charge in [0.1, 0.15) is 23.4 Å². The summed E-state index contributed by atoms with van der Waals surface area (Å²) in [4.78, 5) is 11.2. The number of rotatable bonds is 9. The van der Waals surface area contributed by atoms with E-state index in [2.05, 4.69) is 10.2 Å². The lowest BCUT2D eigenvalue weighted by Gasteiger charge is -2.18. The molecule has 0 aliphatic rings. The number of para-hydroxylation sites is 1. The molecule has 174 valence electrons. The number of nitrogens with zero attached hydrogens (tertiary/aromatic N) is 4. The average Bonchev–Trinajstić information content (AvgIpc) is 3.18. The van der Waals surface area contributed by atoms with E-state index < -0.39 is 5.25 Å². The van der Waals surface area contributed by atoms with Crippen LogP contribution in [0, 0.1) is 17.0 Å². The lowest BCUT2D eigenvalue weighted by atomic mass is 10.1. The van der Waals surface area contributed by atoms with Crippen molar-refractivity contribution in [3.8, 4) is 11.4 Å². The Balaban J connectivity index is 1.65. The third kappa shape index (κ3) is 5.70. The second-order valence-electron chi connectivity index (χ2n) is 7.38. The van der Waals surface area contributed by atoms with Gasteiger partial charge in [-0.1, -0.05) is 71.4 Å². The molecular weight excluding hydrogens is 495 g/mol. The third-order valence-corrected chi connectivity index (χ3v) is 6.83. The second-order valence-corrected chi connectivity index (χ2v) is 9.39. The minimum Gasteiger partial charge on any atom is -0.489 e. The van der Waals surface area contributed by atoms with Crippen LogP contribution in [0.15, 0.2) is 78.0 Å². The molecule has 0 radical (unpaired) electrons. The van der Waals surface area contributed by atoms with Crippen molar-refractivity contribution in [2.75, 3.05) is 6.54 Å². The molecule has 0 unspecified atom stereocenters. The Kier molecular flexibility index (Phi) is 7.72. The maximum Gasteiger partial charge on any atom is 0.220 e. The van der Waals surface area contributed by atoms with Gasteiger partial charge in [-0.25, -0.2) is 0 Å². The van der Waals surface area contributed by atoms with Crippen molar-refractivity contribution >= 4 is 35.0 Å². The summed E-state index contributed by atoms with van der Waals surface area (Å²) in [6.45, 7) is 1.76. The molecule has 0 aliphatic heterocycles. The van der Waals surface area contributed by atoms with Gasteiger partial charge in [-0.15, -0.1) is 10.2 Å². The Labute approximate surface area is 210 Å². The summed E-state index contributed by atoms with van der Waals surface area (Å²) < 4.78 is 7.91. The highest BCUT2D eigenvalue weighted by Gasteiger charge is 2.26. The lowest BCUT2D eigenvalue weighted by Crippen LogP contribution is -2.12. The SMILES string of the molecule is Cc1nnc(S[C@H](C[N+](=O)[O-])c2ccccc2OCc2ccccc2Cl)n1-c1ccc(Cl)cc1. The number of nitro groups is 1. The minimum absolute atomic E-state index is 0.243. The number of hydrogen-bond acceptors (Lipinski definition) is 6. The quantitative estimate of drug-likeness (QED) is 0.142. The van der Waals surface area contributed by atoms with Crippen LogP contribution in [0.2, 0.25) is 10.0 Å². The van der Waals surface area contributed by atoms with E-state index in [1.54, 1.807) is 24.3 Å². The normalized spacial score (nSPS) is 11.9. The first-order valence-electron chi connectivity index (χ1n) is 10.3. The summed E-state index contributed by atoms with van der Waals surface area (Å²) in [7, 11) is 0. The molecule has 0 bridgehead atoms. The highest BCUT2D eigenvalue weighted by atomic mass is 35.5. The van der Waals surface area contributed by atoms with E-state index in [9.17, 15) is 10.1 Å². The van der Waals surface area contributed by atoms with Crippen molar-refractivity contribution < 1.29 is 9.66 Å². The van der Waals surface area contributed by atoms with Crippen LogP contribution in [-0.2, 0) is 6.61 Å². The molecule has 0 saturated carbocycles. The molecule has 1 atom stereocenters. The Morgan fingerprint density at radius 1 is 1.03 bits per heavy atom. The van der Waals surface area contributed by atoms with E-state index in [0.29, 0.717) is 32.3 Å². The number of aromatic nitrogens is 3. The van der Waals surface area contributed by atoms with Crippen molar-refractivity contribution in [3.05, 3.63) is 110 Å². The van der Waals surface area contributed by atoms with Crippen LogP contribution in [-0.4, -0.2) is 26.2 Å². The van der Waals surface area contributed by atoms with Crippen LogP contribution in [0.3, 0.4) is 0 Å². The molecule has 7 nitrogen and oxygen atoms in total. The van der Waals surface area contributed by atoms with Gasteiger partial charge in [0.15, 0.2) is 5.16 Å². The van der Waals surface area contributed by atoms with Crippen molar-refractivity contribution in [1.82, 2.24) is 14.8 Å². The molecule has 10 heteroatoms. The topological polar surface area (TPSA) is 83.1 Å². The molecule has 4 aromatic rings. The lowest BCUT2D eigenvalue weighted by molar-refractivity contribution is -0.479. The Bertz CT molecular complexity index is 1300. The summed E-state index contributed by atoms with van der Waals surface area (Å²) in [5.74, 6) is 1.21. The number of aryl methyl sites for hydroxylation is 1. The van der Waals surface area contributed by atoms with E-state index in [-0.39, 0.29) is 18.1 Å². The van der Waals surface area contributed by atoms with Crippen LogP contribution in [0.25, 0.3) is 5.69 Å². The van der Waals surface area contributed by atoms with Gasteiger partial charge in [0.2, 0.25) is 6.54 Å². The zero-order valence-corrected chi connectivity index (χ0v) is 20.4. The van der Waals surface area contributed by atoms with Crippen LogP contribution in [0.4, 0.5) is 0 Å². The predicted molar refractivity (Wildman–Crippen MR) is 134 cm³/mol.